The molecular formula is C20H25N6O4+. The lowest BCUT2D eigenvalue weighted by molar-refractivity contribution is -0.934. The van der Waals surface area contributed by atoms with Gasteiger partial charge >= 0.3 is 0 Å². The van der Waals surface area contributed by atoms with Crippen LogP contribution in [0.5, 0.6) is 11.5 Å². The lowest BCUT2D eigenvalue weighted by Crippen LogP contribution is -3.14. The summed E-state index contributed by atoms with van der Waals surface area (Å²) in [7, 11) is 0. The number of morpholine rings is 1. The van der Waals surface area contributed by atoms with Gasteiger partial charge < -0.3 is 24.1 Å². The Labute approximate surface area is 172 Å². The summed E-state index contributed by atoms with van der Waals surface area (Å²) in [5.74, 6) is 1.98. The summed E-state index contributed by atoms with van der Waals surface area (Å²) in [5, 5.41) is 13.4. The van der Waals surface area contributed by atoms with Gasteiger partial charge in [0.05, 0.1) is 29.8 Å². The van der Waals surface area contributed by atoms with Crippen molar-refractivity contribution in [2.24, 2.45) is 0 Å². The number of benzene rings is 1. The minimum atomic E-state index is -0.321. The Morgan fingerprint density at radius 2 is 1.87 bits per heavy atom. The predicted octanol–water partition coefficient (Wildman–Crippen LogP) is 0.00280. The minimum absolute atomic E-state index is 0.159. The Kier molecular flexibility index (Phi) is 4.48. The molecule has 1 atom stereocenters. The van der Waals surface area contributed by atoms with Crippen molar-refractivity contribution in [1.82, 2.24) is 25.2 Å². The van der Waals surface area contributed by atoms with Crippen molar-refractivity contribution in [2.75, 3.05) is 33.1 Å². The molecule has 10 nitrogen and oxygen atoms in total. The number of H-pyrrole nitrogens is 1. The van der Waals surface area contributed by atoms with E-state index in [1.54, 1.807) is 6.07 Å². The molecule has 0 amide bonds. The molecule has 2 aliphatic heterocycles. The second-order valence-electron chi connectivity index (χ2n) is 8.67. The summed E-state index contributed by atoms with van der Waals surface area (Å²) in [6.45, 7) is 9.11. The number of quaternary nitrogens is 1. The molecule has 3 aromatic rings. The molecule has 2 aromatic heterocycles. The largest absolute Gasteiger partial charge is 0.454 e. The van der Waals surface area contributed by atoms with E-state index in [-0.39, 0.29) is 23.9 Å². The van der Waals surface area contributed by atoms with Crippen molar-refractivity contribution in [1.29, 1.82) is 0 Å². The number of nitrogens with one attached hydrogen (secondary N) is 2. The maximum atomic E-state index is 13.2. The molecule has 1 aromatic carbocycles. The summed E-state index contributed by atoms with van der Waals surface area (Å²) < 4.78 is 18.3. The first-order valence-electron chi connectivity index (χ1n) is 10.1. The lowest BCUT2D eigenvalue weighted by atomic mass is 10.0. The van der Waals surface area contributed by atoms with Gasteiger partial charge in [0.25, 0.3) is 5.56 Å². The maximum absolute atomic E-state index is 13.2. The van der Waals surface area contributed by atoms with E-state index >= 15 is 0 Å². The van der Waals surface area contributed by atoms with Crippen LogP contribution in [-0.4, -0.2) is 58.3 Å². The fraction of sp³-hybridized carbons (Fsp3) is 0.500. The average molecular weight is 413 g/mol. The van der Waals surface area contributed by atoms with Crippen LogP contribution in [0.15, 0.2) is 23.0 Å². The van der Waals surface area contributed by atoms with Crippen molar-refractivity contribution in [3.63, 3.8) is 0 Å². The topological polar surface area (TPSA) is 109 Å². The Hall–Kier alpha value is -2.98. The second-order valence-corrected chi connectivity index (χ2v) is 8.67. The van der Waals surface area contributed by atoms with Crippen LogP contribution in [0, 0.1) is 0 Å². The summed E-state index contributed by atoms with van der Waals surface area (Å²) in [6.07, 6.45) is 0. The number of hydrogen-bond acceptors (Lipinski definition) is 7. The highest BCUT2D eigenvalue weighted by molar-refractivity contribution is 5.83. The van der Waals surface area contributed by atoms with Crippen LogP contribution in [0.3, 0.4) is 0 Å². The van der Waals surface area contributed by atoms with Crippen LogP contribution < -0.4 is 19.9 Å². The zero-order valence-corrected chi connectivity index (χ0v) is 17.3. The molecular weight excluding hydrogens is 388 g/mol. The Bertz CT molecular complexity index is 1140. The van der Waals surface area contributed by atoms with Gasteiger partial charge in [-0.2, -0.15) is 0 Å². The van der Waals surface area contributed by atoms with Crippen molar-refractivity contribution >= 4 is 10.9 Å². The normalized spacial score (nSPS) is 18.1. The summed E-state index contributed by atoms with van der Waals surface area (Å²) >= 11 is 0. The molecule has 2 N–H and O–H groups in total. The molecule has 0 aliphatic carbocycles. The first-order chi connectivity index (χ1) is 14.4. The van der Waals surface area contributed by atoms with Crippen LogP contribution in [-0.2, 0) is 10.3 Å². The zero-order chi connectivity index (χ0) is 20.9. The van der Waals surface area contributed by atoms with Gasteiger partial charge in [0.15, 0.2) is 17.5 Å². The molecule has 30 heavy (non-hydrogen) atoms. The Morgan fingerprint density at radius 3 is 2.60 bits per heavy atom. The highest BCUT2D eigenvalue weighted by Crippen LogP contribution is 2.35. The molecule has 5 rings (SSSR count). The van der Waals surface area contributed by atoms with Gasteiger partial charge in [0.2, 0.25) is 12.6 Å². The Morgan fingerprint density at radius 1 is 1.13 bits per heavy atom. The van der Waals surface area contributed by atoms with Crippen LogP contribution in [0.4, 0.5) is 0 Å². The first-order valence-corrected chi connectivity index (χ1v) is 10.1. The number of fused-ring (bicyclic) bond motifs is 2. The van der Waals surface area contributed by atoms with E-state index < -0.39 is 0 Å². The molecule has 1 fully saturated rings. The monoisotopic (exact) mass is 413 g/mol. The van der Waals surface area contributed by atoms with Crippen LogP contribution in [0.25, 0.3) is 10.9 Å². The van der Waals surface area contributed by atoms with Crippen LogP contribution in [0.1, 0.15) is 38.2 Å². The van der Waals surface area contributed by atoms with E-state index in [0.29, 0.717) is 41.6 Å². The number of pyridine rings is 1. The number of nitrogens with zero attached hydrogens (tertiary/aromatic N) is 4. The third-order valence-electron chi connectivity index (χ3n) is 5.61. The third-order valence-corrected chi connectivity index (χ3v) is 5.61. The standard InChI is InChI=1S/C20H24N6O4/c1-20(2,3)26-18(22-23-24-26)17(25-4-6-28-7-5-25)13-8-12-9-15-16(30-11-29-15)10-14(12)21-19(13)27/h8-10,17H,4-7,11H2,1-3H3,(H,21,27)/p+1/t17-/m1/s1. The zero-order valence-electron chi connectivity index (χ0n) is 17.3. The molecule has 0 bridgehead atoms. The average Bonchev–Trinajstić information content (AvgIpc) is 3.37. The van der Waals surface area contributed by atoms with Crippen LogP contribution in [0.2, 0.25) is 0 Å². The first kappa shape index (κ1) is 19.0. The second kappa shape index (κ2) is 7.06. The van der Waals surface area contributed by atoms with Gasteiger partial charge in [0.1, 0.15) is 13.1 Å². The van der Waals surface area contributed by atoms with Crippen LogP contribution >= 0.6 is 0 Å². The molecule has 158 valence electrons. The number of aromatic nitrogens is 5. The van der Waals surface area contributed by atoms with E-state index in [2.05, 4.69) is 20.5 Å². The molecule has 0 unspecified atom stereocenters. The number of ether oxygens (including phenoxy) is 3. The SMILES string of the molecule is CC(C)(C)n1nnnc1[C@@H](c1cc2cc3c(cc2[nH]c1=O)OCO3)[NH+]1CCOCC1. The third kappa shape index (κ3) is 3.21. The van der Waals surface area contributed by atoms with E-state index in [0.717, 1.165) is 18.5 Å². The number of rotatable bonds is 3. The van der Waals surface area contributed by atoms with E-state index in [1.807, 2.05) is 37.6 Å². The van der Waals surface area contributed by atoms with Crippen molar-refractivity contribution < 1.29 is 19.1 Å². The van der Waals surface area contributed by atoms with Crippen molar-refractivity contribution in [3.05, 3.63) is 39.9 Å². The predicted molar refractivity (Wildman–Crippen MR) is 107 cm³/mol. The van der Waals surface area contributed by atoms with Gasteiger partial charge in [-0.1, -0.05) is 0 Å². The molecule has 1 saturated heterocycles. The molecule has 2 aliphatic rings. The number of hydrogen-bond donors (Lipinski definition) is 2. The van der Waals surface area contributed by atoms with Crippen molar-refractivity contribution in [2.45, 2.75) is 32.4 Å². The minimum Gasteiger partial charge on any atom is -0.454 e. The lowest BCUT2D eigenvalue weighted by Gasteiger charge is -2.32. The van der Waals surface area contributed by atoms with Gasteiger partial charge in [0, 0.05) is 11.5 Å². The highest BCUT2D eigenvalue weighted by atomic mass is 16.7. The highest BCUT2D eigenvalue weighted by Gasteiger charge is 2.37. The summed E-state index contributed by atoms with van der Waals surface area (Å²) in [6, 6.07) is 5.31. The molecule has 0 spiro atoms. The molecule has 10 heteroatoms. The van der Waals surface area contributed by atoms with Gasteiger partial charge in [-0.3, -0.25) is 4.79 Å². The number of aromatic amines is 1. The molecule has 0 saturated carbocycles. The van der Waals surface area contributed by atoms with Crippen molar-refractivity contribution in [3.8, 4) is 11.5 Å². The Balaban J connectivity index is 1.69. The maximum Gasteiger partial charge on any atom is 0.258 e. The summed E-state index contributed by atoms with van der Waals surface area (Å²) in [5.41, 5.74) is 0.852. The molecule has 4 heterocycles. The fourth-order valence-electron chi connectivity index (χ4n) is 4.14. The number of tetrazole rings is 1. The molecule has 0 radical (unpaired) electrons. The van der Waals surface area contributed by atoms with E-state index in [4.69, 9.17) is 14.2 Å². The van der Waals surface area contributed by atoms with Gasteiger partial charge in [-0.05, 0) is 43.3 Å². The summed E-state index contributed by atoms with van der Waals surface area (Å²) in [4.78, 5) is 17.4. The quantitative estimate of drug-likeness (QED) is 0.622. The van der Waals surface area contributed by atoms with Gasteiger partial charge in [-0.15, -0.1) is 5.10 Å². The smallest absolute Gasteiger partial charge is 0.258 e. The van der Waals surface area contributed by atoms with E-state index in [9.17, 15) is 4.79 Å². The fourth-order valence-corrected chi connectivity index (χ4v) is 4.14. The van der Waals surface area contributed by atoms with E-state index in [1.165, 1.54) is 4.90 Å². The van der Waals surface area contributed by atoms with Gasteiger partial charge in [-0.25, -0.2) is 4.68 Å².